The molecule has 0 fully saturated rings. The molecular formula is C12H23NO2. The summed E-state index contributed by atoms with van der Waals surface area (Å²) in [5.74, 6) is 2.50. The molecule has 1 heterocycles. The van der Waals surface area contributed by atoms with E-state index in [1.54, 1.807) is 7.11 Å². The van der Waals surface area contributed by atoms with E-state index in [4.69, 9.17) is 9.26 Å². The van der Waals surface area contributed by atoms with E-state index >= 15 is 0 Å². The van der Waals surface area contributed by atoms with Gasteiger partial charge in [-0.3, -0.25) is 0 Å². The van der Waals surface area contributed by atoms with Crippen molar-refractivity contribution in [2.75, 3.05) is 7.11 Å². The Bertz CT molecular complexity index is 256. The molecule has 0 amide bonds. The van der Waals surface area contributed by atoms with E-state index in [1.807, 2.05) is 19.9 Å². The number of aromatic nitrogens is 1. The minimum absolute atomic E-state index is 0.441. The molecule has 1 rings (SSSR count). The summed E-state index contributed by atoms with van der Waals surface area (Å²) in [6.07, 6.45) is 1.07. The molecule has 88 valence electrons. The van der Waals surface area contributed by atoms with Gasteiger partial charge in [0.2, 0.25) is 0 Å². The second-order valence-electron chi connectivity index (χ2n) is 3.53. The summed E-state index contributed by atoms with van der Waals surface area (Å²) in [5.41, 5.74) is 0. The van der Waals surface area contributed by atoms with Gasteiger partial charge >= 0.3 is 0 Å². The molecule has 3 heteroatoms. The first-order valence-corrected chi connectivity index (χ1v) is 5.69. The lowest BCUT2D eigenvalue weighted by Crippen LogP contribution is -2.03. The second-order valence-corrected chi connectivity index (χ2v) is 3.53. The molecule has 0 radical (unpaired) electrons. The van der Waals surface area contributed by atoms with Crippen LogP contribution in [0.25, 0.3) is 0 Å². The predicted molar refractivity (Wildman–Crippen MR) is 62.3 cm³/mol. The molecule has 0 aliphatic rings. The topological polar surface area (TPSA) is 35.3 Å². The van der Waals surface area contributed by atoms with Crippen molar-refractivity contribution in [1.82, 2.24) is 5.16 Å². The number of hydrogen-bond donors (Lipinski definition) is 0. The Kier molecular flexibility index (Phi) is 6.84. The Morgan fingerprint density at radius 3 is 2.33 bits per heavy atom. The fourth-order valence-electron chi connectivity index (χ4n) is 1.54. The lowest BCUT2D eigenvalue weighted by Gasteiger charge is -2.14. The zero-order valence-corrected chi connectivity index (χ0v) is 10.7. The van der Waals surface area contributed by atoms with Gasteiger partial charge in [0.05, 0.1) is 7.11 Å². The summed E-state index contributed by atoms with van der Waals surface area (Å²) in [7, 11) is 1.60. The van der Waals surface area contributed by atoms with Crippen LogP contribution in [-0.4, -0.2) is 12.3 Å². The highest BCUT2D eigenvalue weighted by Crippen LogP contribution is 2.29. The fraction of sp³-hybridized carbons (Fsp3) is 0.750. The maximum absolute atomic E-state index is 5.19. The van der Waals surface area contributed by atoms with Gasteiger partial charge < -0.3 is 9.26 Å². The standard InChI is InChI=1S/C10H17NO2.C2H6/c1-5-8(7(2)3)9-6-10(12-4)11-13-9;1-2/h6-8H,5H2,1-4H3;1-2H3/t8-;/m0./s1. The number of rotatable bonds is 4. The van der Waals surface area contributed by atoms with Crippen LogP contribution < -0.4 is 4.74 Å². The van der Waals surface area contributed by atoms with Crippen LogP contribution in [0.2, 0.25) is 0 Å². The molecule has 0 unspecified atom stereocenters. The van der Waals surface area contributed by atoms with E-state index in [0.717, 1.165) is 12.2 Å². The molecular weight excluding hydrogens is 190 g/mol. The number of hydrogen-bond acceptors (Lipinski definition) is 3. The zero-order valence-electron chi connectivity index (χ0n) is 10.7. The summed E-state index contributed by atoms with van der Waals surface area (Å²) in [4.78, 5) is 0. The van der Waals surface area contributed by atoms with Crippen LogP contribution in [0, 0.1) is 5.92 Å². The van der Waals surface area contributed by atoms with Crippen molar-refractivity contribution in [2.24, 2.45) is 5.92 Å². The number of methoxy groups -OCH3 is 1. The molecule has 0 spiro atoms. The van der Waals surface area contributed by atoms with Gasteiger partial charge in [0.25, 0.3) is 5.88 Å². The normalized spacial score (nSPS) is 11.9. The minimum atomic E-state index is 0.441. The van der Waals surface area contributed by atoms with Crippen LogP contribution in [-0.2, 0) is 0 Å². The van der Waals surface area contributed by atoms with Gasteiger partial charge in [0.1, 0.15) is 5.76 Å². The minimum Gasteiger partial charge on any atom is -0.479 e. The molecule has 0 aliphatic carbocycles. The largest absolute Gasteiger partial charge is 0.479 e. The number of ether oxygens (including phenoxy) is 1. The molecule has 3 nitrogen and oxygen atoms in total. The van der Waals surface area contributed by atoms with Crippen LogP contribution in [0.5, 0.6) is 5.88 Å². The Morgan fingerprint density at radius 1 is 1.40 bits per heavy atom. The average molecular weight is 213 g/mol. The summed E-state index contributed by atoms with van der Waals surface area (Å²) in [6.45, 7) is 10.5. The first-order chi connectivity index (χ1) is 7.19. The summed E-state index contributed by atoms with van der Waals surface area (Å²) in [5, 5.41) is 3.79. The third kappa shape index (κ3) is 3.94. The zero-order chi connectivity index (χ0) is 11.8. The molecule has 0 saturated carbocycles. The van der Waals surface area contributed by atoms with E-state index in [-0.39, 0.29) is 0 Å². The van der Waals surface area contributed by atoms with Crippen molar-refractivity contribution in [3.8, 4) is 5.88 Å². The molecule has 15 heavy (non-hydrogen) atoms. The van der Waals surface area contributed by atoms with Gasteiger partial charge in [-0.25, -0.2) is 0 Å². The van der Waals surface area contributed by atoms with Crippen molar-refractivity contribution in [2.45, 2.75) is 47.0 Å². The quantitative estimate of drug-likeness (QED) is 0.761. The third-order valence-corrected chi connectivity index (χ3v) is 2.33. The van der Waals surface area contributed by atoms with Gasteiger partial charge in [-0.2, -0.15) is 0 Å². The highest BCUT2D eigenvalue weighted by Gasteiger charge is 2.18. The summed E-state index contributed by atoms with van der Waals surface area (Å²) in [6, 6.07) is 1.87. The number of nitrogens with zero attached hydrogens (tertiary/aromatic N) is 1. The van der Waals surface area contributed by atoms with E-state index in [9.17, 15) is 0 Å². The Morgan fingerprint density at radius 2 is 2.00 bits per heavy atom. The molecule has 0 bridgehead atoms. The van der Waals surface area contributed by atoms with Crippen molar-refractivity contribution < 1.29 is 9.26 Å². The molecule has 1 atom stereocenters. The summed E-state index contributed by atoms with van der Waals surface area (Å²) < 4.78 is 10.2. The van der Waals surface area contributed by atoms with Crippen molar-refractivity contribution >= 4 is 0 Å². The van der Waals surface area contributed by atoms with E-state index in [1.165, 1.54) is 0 Å². The molecule has 1 aromatic heterocycles. The summed E-state index contributed by atoms with van der Waals surface area (Å²) >= 11 is 0. The highest BCUT2D eigenvalue weighted by molar-refractivity contribution is 5.14. The van der Waals surface area contributed by atoms with Crippen LogP contribution in [0.3, 0.4) is 0 Å². The molecule has 0 aromatic carbocycles. The monoisotopic (exact) mass is 213 g/mol. The average Bonchev–Trinajstić information content (AvgIpc) is 2.70. The Labute approximate surface area is 92.8 Å². The van der Waals surface area contributed by atoms with Crippen LogP contribution in [0.1, 0.15) is 52.7 Å². The van der Waals surface area contributed by atoms with Crippen LogP contribution in [0.15, 0.2) is 10.6 Å². The second kappa shape index (κ2) is 7.32. The first-order valence-electron chi connectivity index (χ1n) is 5.69. The molecule has 1 aromatic rings. The third-order valence-electron chi connectivity index (χ3n) is 2.33. The van der Waals surface area contributed by atoms with Gasteiger partial charge in [-0.1, -0.05) is 34.6 Å². The van der Waals surface area contributed by atoms with Crippen molar-refractivity contribution in [3.63, 3.8) is 0 Å². The first kappa shape index (κ1) is 14.0. The van der Waals surface area contributed by atoms with Gasteiger partial charge in [0, 0.05) is 12.0 Å². The molecule has 0 saturated heterocycles. The maximum atomic E-state index is 5.19. The van der Waals surface area contributed by atoms with Gasteiger partial charge in [-0.15, -0.1) is 0 Å². The van der Waals surface area contributed by atoms with Gasteiger partial charge in [0.15, 0.2) is 0 Å². The Hall–Kier alpha value is -0.990. The molecule has 0 aliphatic heterocycles. The lowest BCUT2D eigenvalue weighted by molar-refractivity contribution is 0.299. The van der Waals surface area contributed by atoms with Crippen LogP contribution in [0.4, 0.5) is 0 Å². The Balaban J connectivity index is 0.000000921. The van der Waals surface area contributed by atoms with Crippen molar-refractivity contribution in [1.29, 1.82) is 0 Å². The van der Waals surface area contributed by atoms with E-state index in [0.29, 0.717) is 17.7 Å². The van der Waals surface area contributed by atoms with Crippen LogP contribution >= 0.6 is 0 Å². The van der Waals surface area contributed by atoms with Crippen molar-refractivity contribution in [3.05, 3.63) is 11.8 Å². The van der Waals surface area contributed by atoms with E-state index < -0.39 is 0 Å². The SMILES string of the molecule is CC.CC[C@H](c1cc(OC)no1)C(C)C. The maximum Gasteiger partial charge on any atom is 0.254 e. The fourth-order valence-corrected chi connectivity index (χ4v) is 1.54. The van der Waals surface area contributed by atoms with Gasteiger partial charge in [-0.05, 0) is 17.5 Å². The lowest BCUT2D eigenvalue weighted by atomic mass is 9.91. The predicted octanol–water partition coefficient (Wildman–Crippen LogP) is 3.86. The highest BCUT2D eigenvalue weighted by atomic mass is 16.5. The van der Waals surface area contributed by atoms with E-state index in [2.05, 4.69) is 25.9 Å². The molecule has 0 N–H and O–H groups in total. The smallest absolute Gasteiger partial charge is 0.254 e.